The summed E-state index contributed by atoms with van der Waals surface area (Å²) in [5.41, 5.74) is 0. The molecular formula is C28H49N3O4. The Kier molecular flexibility index (Phi) is 19.3. The van der Waals surface area contributed by atoms with Crippen LogP contribution in [0.25, 0.3) is 0 Å². The monoisotopic (exact) mass is 491 g/mol. The number of hydrogen-bond acceptors (Lipinski definition) is 4. The number of aromatic hydroxyl groups is 1. The van der Waals surface area contributed by atoms with E-state index in [1.165, 1.54) is 95.6 Å². The molecule has 7 heteroatoms. The van der Waals surface area contributed by atoms with E-state index in [1.54, 1.807) is 12.1 Å². The summed E-state index contributed by atoms with van der Waals surface area (Å²) in [7, 11) is 0. The van der Waals surface area contributed by atoms with Crippen LogP contribution < -0.4 is 20.7 Å². The van der Waals surface area contributed by atoms with E-state index < -0.39 is 0 Å². The van der Waals surface area contributed by atoms with Crippen LogP contribution in [0.4, 0.5) is 4.79 Å². The molecule has 4 N–H and O–H groups in total. The topological polar surface area (TPSA) is 99.7 Å². The van der Waals surface area contributed by atoms with Gasteiger partial charge in [-0.15, -0.1) is 0 Å². The molecule has 0 fully saturated rings. The number of carbonyl (C=O) groups excluding carboxylic acids is 2. The minimum absolute atomic E-state index is 0.0318. The Labute approximate surface area is 212 Å². The lowest BCUT2D eigenvalue weighted by molar-refractivity contribution is -0.121. The molecule has 0 heterocycles. The SMILES string of the molecule is CCCCCCCCCCCCCCCCCC(=O)NCNC(=O)NCCOc1ccc(O)cc1. The van der Waals surface area contributed by atoms with Gasteiger partial charge in [0.15, 0.2) is 0 Å². The molecule has 35 heavy (non-hydrogen) atoms. The van der Waals surface area contributed by atoms with Crippen molar-refractivity contribution in [1.29, 1.82) is 0 Å². The van der Waals surface area contributed by atoms with Crippen molar-refractivity contribution in [3.63, 3.8) is 0 Å². The fourth-order valence-corrected chi connectivity index (χ4v) is 3.91. The maximum Gasteiger partial charge on any atom is 0.316 e. The summed E-state index contributed by atoms with van der Waals surface area (Å²) >= 11 is 0. The van der Waals surface area contributed by atoms with Gasteiger partial charge >= 0.3 is 6.03 Å². The molecule has 0 aliphatic rings. The van der Waals surface area contributed by atoms with Crippen LogP contribution in [0.2, 0.25) is 0 Å². The Hall–Kier alpha value is -2.44. The molecule has 0 aliphatic heterocycles. The molecule has 0 saturated carbocycles. The number of nitrogens with one attached hydrogen (secondary N) is 3. The van der Waals surface area contributed by atoms with E-state index in [9.17, 15) is 14.7 Å². The highest BCUT2D eigenvalue weighted by Gasteiger charge is 2.03. The van der Waals surface area contributed by atoms with Gasteiger partial charge in [0.25, 0.3) is 0 Å². The van der Waals surface area contributed by atoms with Crippen molar-refractivity contribution in [1.82, 2.24) is 16.0 Å². The molecule has 1 aromatic carbocycles. The zero-order valence-corrected chi connectivity index (χ0v) is 21.9. The molecule has 0 unspecified atom stereocenters. The second-order valence-electron chi connectivity index (χ2n) is 9.25. The summed E-state index contributed by atoms with van der Waals surface area (Å²) < 4.78 is 5.45. The highest BCUT2D eigenvalue weighted by atomic mass is 16.5. The van der Waals surface area contributed by atoms with Gasteiger partial charge in [-0.3, -0.25) is 4.79 Å². The van der Waals surface area contributed by atoms with Crippen LogP contribution in [0.1, 0.15) is 110 Å². The molecule has 1 rings (SSSR count). The van der Waals surface area contributed by atoms with E-state index in [4.69, 9.17) is 4.74 Å². The first-order chi connectivity index (χ1) is 17.1. The summed E-state index contributed by atoms with van der Waals surface area (Å²) in [4.78, 5) is 23.6. The number of urea groups is 1. The van der Waals surface area contributed by atoms with E-state index >= 15 is 0 Å². The number of hydrogen-bond donors (Lipinski definition) is 4. The van der Waals surface area contributed by atoms with Gasteiger partial charge in [0.1, 0.15) is 18.1 Å². The van der Waals surface area contributed by atoms with Crippen molar-refractivity contribution in [3.05, 3.63) is 24.3 Å². The van der Waals surface area contributed by atoms with Gasteiger partial charge in [-0.1, -0.05) is 96.8 Å². The van der Waals surface area contributed by atoms with Crippen LogP contribution in [0.15, 0.2) is 24.3 Å². The lowest BCUT2D eigenvalue weighted by atomic mass is 10.0. The maximum atomic E-state index is 11.9. The minimum atomic E-state index is -0.355. The van der Waals surface area contributed by atoms with Gasteiger partial charge in [-0.25, -0.2) is 4.79 Å². The molecule has 0 spiro atoms. The van der Waals surface area contributed by atoms with E-state index in [0.29, 0.717) is 25.3 Å². The molecular weight excluding hydrogens is 442 g/mol. The lowest BCUT2D eigenvalue weighted by Gasteiger charge is -2.10. The molecule has 1 aromatic rings. The van der Waals surface area contributed by atoms with Gasteiger partial charge < -0.3 is 25.8 Å². The Balaban J connectivity index is 1.81. The van der Waals surface area contributed by atoms with Crippen molar-refractivity contribution >= 4 is 11.9 Å². The number of amides is 3. The maximum absolute atomic E-state index is 11.9. The van der Waals surface area contributed by atoms with Gasteiger partial charge in [-0.05, 0) is 30.7 Å². The first kappa shape index (κ1) is 30.6. The summed E-state index contributed by atoms with van der Waals surface area (Å²) in [6.45, 7) is 3.02. The van der Waals surface area contributed by atoms with Crippen molar-refractivity contribution in [3.8, 4) is 11.5 Å². The van der Waals surface area contributed by atoms with Crippen molar-refractivity contribution in [2.45, 2.75) is 110 Å². The van der Waals surface area contributed by atoms with Crippen molar-refractivity contribution in [2.24, 2.45) is 0 Å². The van der Waals surface area contributed by atoms with Crippen LogP contribution in [0.3, 0.4) is 0 Å². The molecule has 0 saturated heterocycles. The summed E-state index contributed by atoms with van der Waals surface area (Å²) in [5, 5.41) is 17.2. The highest BCUT2D eigenvalue weighted by Crippen LogP contribution is 2.15. The number of unbranched alkanes of at least 4 members (excludes halogenated alkanes) is 14. The Morgan fingerprint density at radius 2 is 1.23 bits per heavy atom. The average Bonchev–Trinajstić information content (AvgIpc) is 2.85. The van der Waals surface area contributed by atoms with E-state index in [1.807, 2.05) is 0 Å². The number of phenols is 1. The van der Waals surface area contributed by atoms with Crippen LogP contribution in [-0.2, 0) is 4.79 Å². The van der Waals surface area contributed by atoms with Crippen LogP contribution in [0.5, 0.6) is 11.5 Å². The zero-order valence-electron chi connectivity index (χ0n) is 21.9. The molecule has 0 atom stereocenters. The third-order valence-corrected chi connectivity index (χ3v) is 6.03. The fraction of sp³-hybridized carbons (Fsp3) is 0.714. The van der Waals surface area contributed by atoms with E-state index in [0.717, 1.165) is 12.8 Å². The average molecular weight is 492 g/mol. The van der Waals surface area contributed by atoms with Gasteiger partial charge in [0.2, 0.25) is 5.91 Å². The highest BCUT2D eigenvalue weighted by molar-refractivity contribution is 5.77. The Bertz CT molecular complexity index is 652. The van der Waals surface area contributed by atoms with Crippen LogP contribution in [0, 0.1) is 0 Å². The quantitative estimate of drug-likeness (QED) is 0.111. The molecule has 0 radical (unpaired) electrons. The van der Waals surface area contributed by atoms with Crippen LogP contribution >= 0.6 is 0 Å². The standard InChI is InChI=1S/C28H49N3O4/c1-2-3-4-5-6-7-8-9-10-11-12-13-14-15-16-17-27(33)30-24-31-28(34)29-22-23-35-26-20-18-25(32)19-21-26/h18-21,32H,2-17,22-24H2,1H3,(H,30,33)(H2,29,31,34). The lowest BCUT2D eigenvalue weighted by Crippen LogP contribution is -2.43. The largest absolute Gasteiger partial charge is 0.508 e. The minimum Gasteiger partial charge on any atom is -0.508 e. The summed E-state index contributed by atoms with van der Waals surface area (Å²) in [6.07, 6.45) is 20.1. The number of benzene rings is 1. The van der Waals surface area contributed by atoms with E-state index in [2.05, 4.69) is 22.9 Å². The molecule has 0 bridgehead atoms. The molecule has 7 nitrogen and oxygen atoms in total. The zero-order chi connectivity index (χ0) is 25.4. The third-order valence-electron chi connectivity index (χ3n) is 6.03. The van der Waals surface area contributed by atoms with Crippen molar-refractivity contribution in [2.75, 3.05) is 19.8 Å². The first-order valence-electron chi connectivity index (χ1n) is 13.8. The normalized spacial score (nSPS) is 10.7. The fourth-order valence-electron chi connectivity index (χ4n) is 3.91. The Morgan fingerprint density at radius 3 is 1.77 bits per heavy atom. The first-order valence-corrected chi connectivity index (χ1v) is 13.8. The van der Waals surface area contributed by atoms with Crippen molar-refractivity contribution < 1.29 is 19.4 Å². The van der Waals surface area contributed by atoms with Gasteiger partial charge in [0, 0.05) is 6.42 Å². The van der Waals surface area contributed by atoms with Gasteiger partial charge in [0.05, 0.1) is 13.2 Å². The summed E-state index contributed by atoms with van der Waals surface area (Å²) in [5.74, 6) is 0.767. The summed E-state index contributed by atoms with van der Waals surface area (Å²) in [6, 6.07) is 6.04. The second kappa shape index (κ2) is 22.1. The molecule has 200 valence electrons. The molecule has 0 aromatic heterocycles. The number of ether oxygens (including phenoxy) is 1. The molecule has 3 amide bonds. The number of carbonyl (C=O) groups is 2. The van der Waals surface area contributed by atoms with E-state index in [-0.39, 0.29) is 24.4 Å². The Morgan fingerprint density at radius 1 is 0.714 bits per heavy atom. The van der Waals surface area contributed by atoms with Crippen LogP contribution in [-0.4, -0.2) is 36.9 Å². The number of rotatable bonds is 22. The third kappa shape index (κ3) is 19.5. The second-order valence-corrected chi connectivity index (χ2v) is 9.25. The van der Waals surface area contributed by atoms with Gasteiger partial charge in [-0.2, -0.15) is 0 Å². The predicted octanol–water partition coefficient (Wildman–Crippen LogP) is 6.41. The smallest absolute Gasteiger partial charge is 0.316 e. The molecule has 0 aliphatic carbocycles. The predicted molar refractivity (Wildman–Crippen MR) is 143 cm³/mol. The number of phenolic OH excluding ortho intramolecular Hbond substituents is 1.